The van der Waals surface area contributed by atoms with Crippen molar-refractivity contribution < 1.29 is 9.90 Å². The van der Waals surface area contributed by atoms with Gasteiger partial charge in [0, 0.05) is 26.2 Å². The molecular weight excluding hydrogens is 146 g/mol. The van der Waals surface area contributed by atoms with Crippen molar-refractivity contribution in [1.29, 1.82) is 0 Å². The molecule has 0 aliphatic carbocycles. The van der Waals surface area contributed by atoms with Crippen LogP contribution in [0.15, 0.2) is 0 Å². The minimum absolute atomic E-state index is 0.0900. The van der Waals surface area contributed by atoms with Crippen LogP contribution in [0.4, 0.5) is 0 Å². The molecule has 5 heteroatoms. The Labute approximate surface area is 66.0 Å². The second kappa shape index (κ2) is 6.09. The molecule has 0 heterocycles. The lowest BCUT2D eigenvalue weighted by Crippen LogP contribution is -2.35. The first kappa shape index (κ1) is 10.3. The zero-order chi connectivity index (χ0) is 8.69. The van der Waals surface area contributed by atoms with Crippen molar-refractivity contribution in [2.75, 3.05) is 32.7 Å². The van der Waals surface area contributed by atoms with Gasteiger partial charge in [-0.3, -0.25) is 9.69 Å². The molecule has 0 fully saturated rings. The summed E-state index contributed by atoms with van der Waals surface area (Å²) in [5.41, 5.74) is 16.9. The summed E-state index contributed by atoms with van der Waals surface area (Å²) in [5.74, 6) is -0.952. The van der Waals surface area contributed by atoms with E-state index in [9.17, 15) is 4.79 Å². The number of carboxylic acids is 1. The number of aliphatic carboxylic acids is 1. The van der Waals surface area contributed by atoms with Crippen molar-refractivity contribution in [3.63, 3.8) is 0 Å². The topological polar surface area (TPSA) is 85.1 Å². The van der Waals surface area contributed by atoms with Crippen molar-refractivity contribution in [2.24, 2.45) is 0 Å². The lowest BCUT2D eigenvalue weighted by Gasteiger charge is -2.16. The smallest absolute Gasteiger partial charge is 0.317 e. The summed E-state index contributed by atoms with van der Waals surface area (Å²) < 4.78 is 0. The highest BCUT2D eigenvalue weighted by Crippen LogP contribution is 1.85. The van der Waals surface area contributed by atoms with E-state index in [-0.39, 0.29) is 32.7 Å². The highest BCUT2D eigenvalue weighted by atomic mass is 16.4. The van der Waals surface area contributed by atoms with E-state index in [1.807, 2.05) is 0 Å². The fourth-order valence-corrected chi connectivity index (χ4v) is 0.744. The molecule has 0 saturated carbocycles. The van der Waals surface area contributed by atoms with Gasteiger partial charge in [-0.1, -0.05) is 0 Å². The Bertz CT molecular complexity index is 112. The lowest BCUT2D eigenvalue weighted by molar-refractivity contribution is -0.138. The van der Waals surface area contributed by atoms with Crippen LogP contribution in [0.1, 0.15) is 0 Å². The number of rotatable bonds is 6. The SMILES string of the molecule is [N]CCN(CC[N])CC(=O)O. The van der Waals surface area contributed by atoms with Crippen LogP contribution in [0.25, 0.3) is 0 Å². The average molecular weight is 157 g/mol. The lowest BCUT2D eigenvalue weighted by atomic mass is 10.4. The van der Waals surface area contributed by atoms with Crippen LogP contribution in [0.5, 0.6) is 0 Å². The molecule has 0 unspecified atom stereocenters. The van der Waals surface area contributed by atoms with Crippen LogP contribution in [0.3, 0.4) is 0 Å². The molecule has 0 aromatic heterocycles. The van der Waals surface area contributed by atoms with E-state index in [1.165, 1.54) is 4.90 Å². The molecule has 0 atom stereocenters. The number of carbonyl (C=O) groups is 1. The van der Waals surface area contributed by atoms with Crippen molar-refractivity contribution in [3.8, 4) is 0 Å². The Hall–Kier alpha value is -0.650. The normalized spacial score (nSPS) is 10.5. The van der Waals surface area contributed by atoms with E-state index in [0.29, 0.717) is 0 Å². The van der Waals surface area contributed by atoms with Crippen LogP contribution >= 0.6 is 0 Å². The minimum Gasteiger partial charge on any atom is -0.480 e. The van der Waals surface area contributed by atoms with Gasteiger partial charge in [0.25, 0.3) is 0 Å². The quantitative estimate of drug-likeness (QED) is 0.509. The van der Waals surface area contributed by atoms with Gasteiger partial charge >= 0.3 is 5.97 Å². The summed E-state index contributed by atoms with van der Waals surface area (Å²) in [7, 11) is 0. The van der Waals surface area contributed by atoms with Gasteiger partial charge in [-0.05, 0) is 0 Å². The summed E-state index contributed by atoms with van der Waals surface area (Å²) in [6, 6.07) is 0. The summed E-state index contributed by atoms with van der Waals surface area (Å²) in [4.78, 5) is 11.6. The van der Waals surface area contributed by atoms with Gasteiger partial charge in [0.1, 0.15) is 0 Å². The molecule has 0 amide bonds. The first-order valence-electron chi connectivity index (χ1n) is 3.36. The zero-order valence-corrected chi connectivity index (χ0v) is 6.23. The third kappa shape index (κ3) is 5.78. The number of hydrogen-bond acceptors (Lipinski definition) is 2. The van der Waals surface area contributed by atoms with Gasteiger partial charge in [-0.2, -0.15) is 0 Å². The highest BCUT2D eigenvalue weighted by molar-refractivity contribution is 5.69. The molecule has 0 aromatic carbocycles. The van der Waals surface area contributed by atoms with Gasteiger partial charge in [-0.15, -0.1) is 11.5 Å². The maximum atomic E-state index is 10.2. The Balaban J connectivity index is 3.59. The maximum absolute atomic E-state index is 10.2. The molecule has 62 valence electrons. The predicted molar refractivity (Wildman–Crippen MR) is 38.1 cm³/mol. The van der Waals surface area contributed by atoms with E-state index in [4.69, 9.17) is 16.6 Å². The van der Waals surface area contributed by atoms with E-state index in [2.05, 4.69) is 0 Å². The van der Waals surface area contributed by atoms with Crippen molar-refractivity contribution in [1.82, 2.24) is 16.4 Å². The standard InChI is InChI=1S/C6H11N3O2/c7-1-3-9(4-2-8)5-6(10)11/h1-5H2,(H,10,11). The van der Waals surface area contributed by atoms with Crippen molar-refractivity contribution >= 4 is 5.97 Å². The van der Waals surface area contributed by atoms with Gasteiger partial charge < -0.3 is 5.11 Å². The molecule has 1 N–H and O–H groups in total. The molecule has 0 rings (SSSR count). The minimum atomic E-state index is -0.952. The Kier molecular flexibility index (Phi) is 5.73. The molecule has 0 aromatic rings. The van der Waals surface area contributed by atoms with E-state index in [1.54, 1.807) is 0 Å². The van der Waals surface area contributed by atoms with Crippen molar-refractivity contribution in [3.05, 3.63) is 0 Å². The summed E-state index contributed by atoms with van der Waals surface area (Å²) in [5, 5.41) is 8.33. The number of carboxylic acid groups (broad SMARTS) is 1. The summed E-state index contributed by atoms with van der Waals surface area (Å²) in [6.07, 6.45) is 0. The molecular formula is C6H11N3O2. The number of hydrogen-bond donors (Lipinski definition) is 1. The van der Waals surface area contributed by atoms with E-state index in [0.717, 1.165) is 0 Å². The molecule has 0 aliphatic rings. The van der Waals surface area contributed by atoms with Crippen LogP contribution in [0, 0.1) is 0 Å². The third-order valence-electron chi connectivity index (χ3n) is 1.19. The van der Waals surface area contributed by atoms with Gasteiger partial charge in [-0.25, -0.2) is 0 Å². The first-order chi connectivity index (χ1) is 5.20. The molecule has 5 nitrogen and oxygen atoms in total. The summed E-state index contributed by atoms with van der Waals surface area (Å²) in [6.45, 7) is 0.251. The van der Waals surface area contributed by atoms with Gasteiger partial charge in [0.05, 0.1) is 6.54 Å². The van der Waals surface area contributed by atoms with Crippen LogP contribution < -0.4 is 11.5 Å². The monoisotopic (exact) mass is 157 g/mol. The molecule has 4 radical (unpaired) electrons. The Morgan fingerprint density at radius 3 is 2.00 bits per heavy atom. The predicted octanol–water partition coefficient (Wildman–Crippen LogP) is -1.49. The maximum Gasteiger partial charge on any atom is 0.317 e. The highest BCUT2D eigenvalue weighted by Gasteiger charge is 2.07. The Morgan fingerprint density at radius 2 is 1.73 bits per heavy atom. The van der Waals surface area contributed by atoms with Crippen LogP contribution in [-0.2, 0) is 4.79 Å². The fourth-order valence-electron chi connectivity index (χ4n) is 0.744. The molecule has 11 heavy (non-hydrogen) atoms. The largest absolute Gasteiger partial charge is 0.480 e. The fraction of sp³-hybridized carbons (Fsp3) is 0.833. The zero-order valence-electron chi connectivity index (χ0n) is 6.23. The van der Waals surface area contributed by atoms with Crippen LogP contribution in [-0.4, -0.2) is 48.7 Å². The second-order valence-corrected chi connectivity index (χ2v) is 2.12. The molecule has 0 aliphatic heterocycles. The Morgan fingerprint density at radius 1 is 1.27 bits per heavy atom. The third-order valence-corrected chi connectivity index (χ3v) is 1.19. The number of nitrogens with zero attached hydrogens (tertiary/aromatic N) is 3. The van der Waals surface area contributed by atoms with Crippen LogP contribution in [0.2, 0.25) is 0 Å². The molecule has 0 spiro atoms. The molecule has 0 saturated heterocycles. The van der Waals surface area contributed by atoms with E-state index >= 15 is 0 Å². The second-order valence-electron chi connectivity index (χ2n) is 2.12. The first-order valence-corrected chi connectivity index (χ1v) is 3.36. The van der Waals surface area contributed by atoms with E-state index < -0.39 is 5.97 Å². The van der Waals surface area contributed by atoms with Crippen molar-refractivity contribution in [2.45, 2.75) is 0 Å². The average Bonchev–Trinajstić information content (AvgIpc) is 1.87. The van der Waals surface area contributed by atoms with Gasteiger partial charge in [0.15, 0.2) is 0 Å². The summed E-state index contributed by atoms with van der Waals surface area (Å²) >= 11 is 0. The molecule has 0 bridgehead atoms. The van der Waals surface area contributed by atoms with Gasteiger partial charge in [0.2, 0.25) is 0 Å².